The summed E-state index contributed by atoms with van der Waals surface area (Å²) in [6.07, 6.45) is 0. The van der Waals surface area contributed by atoms with E-state index in [9.17, 15) is 14.7 Å². The molecule has 1 atom stereocenters. The molecule has 0 saturated carbocycles. The average Bonchev–Trinajstić information content (AvgIpc) is 3.08. The molecular weight excluding hydrogens is 432 g/mol. The second kappa shape index (κ2) is 9.73. The number of ether oxygens (including phenoxy) is 2. The summed E-state index contributed by atoms with van der Waals surface area (Å²) in [5.41, 5.74) is 1.23. The quantitative estimate of drug-likeness (QED) is 0.409. The number of carbonyl (C=O) groups is 2. The number of methoxy groups -OCH3 is 1. The summed E-state index contributed by atoms with van der Waals surface area (Å²) in [7, 11) is 1.57. The number of Topliss-reactive ketones (excluding diaryl/α,β-unsaturated/α-hetero) is 1. The van der Waals surface area contributed by atoms with E-state index in [0.29, 0.717) is 42.6 Å². The van der Waals surface area contributed by atoms with Gasteiger partial charge in [0, 0.05) is 36.8 Å². The first-order chi connectivity index (χ1) is 15.5. The molecule has 2 aliphatic heterocycles. The zero-order valence-corrected chi connectivity index (χ0v) is 18.5. The van der Waals surface area contributed by atoms with Crippen LogP contribution in [-0.4, -0.2) is 73.1 Å². The molecule has 2 aromatic carbocycles. The van der Waals surface area contributed by atoms with Crippen molar-refractivity contribution < 1.29 is 24.2 Å². The van der Waals surface area contributed by atoms with Crippen molar-refractivity contribution in [3.8, 4) is 5.75 Å². The van der Waals surface area contributed by atoms with Crippen LogP contribution in [0.5, 0.6) is 5.75 Å². The van der Waals surface area contributed by atoms with Gasteiger partial charge < -0.3 is 19.5 Å². The molecule has 2 fully saturated rings. The highest BCUT2D eigenvalue weighted by Gasteiger charge is 2.46. The predicted octanol–water partition coefficient (Wildman–Crippen LogP) is 3.10. The molecule has 0 spiro atoms. The second-order valence-corrected chi connectivity index (χ2v) is 8.16. The highest BCUT2D eigenvalue weighted by molar-refractivity contribution is 6.46. The Labute approximate surface area is 191 Å². The molecule has 1 amide bonds. The van der Waals surface area contributed by atoms with E-state index in [0.717, 1.165) is 18.7 Å². The van der Waals surface area contributed by atoms with Crippen molar-refractivity contribution in [2.24, 2.45) is 0 Å². The van der Waals surface area contributed by atoms with Gasteiger partial charge in [-0.15, -0.1) is 0 Å². The number of halogens is 1. The fraction of sp³-hybridized carbons (Fsp3) is 0.333. The number of nitrogens with zero attached hydrogens (tertiary/aromatic N) is 2. The van der Waals surface area contributed by atoms with Crippen LogP contribution in [0.25, 0.3) is 5.76 Å². The van der Waals surface area contributed by atoms with E-state index in [1.54, 1.807) is 48.4 Å². The molecule has 0 aliphatic carbocycles. The lowest BCUT2D eigenvalue weighted by Crippen LogP contribution is -2.42. The normalized spacial score (nSPS) is 21.2. The molecule has 1 N–H and O–H groups in total. The predicted molar refractivity (Wildman–Crippen MR) is 121 cm³/mol. The van der Waals surface area contributed by atoms with Crippen molar-refractivity contribution in [2.75, 3.05) is 46.5 Å². The first-order valence-corrected chi connectivity index (χ1v) is 10.9. The van der Waals surface area contributed by atoms with Gasteiger partial charge >= 0.3 is 0 Å². The Bertz CT molecular complexity index is 1010. The Balaban J connectivity index is 1.72. The zero-order chi connectivity index (χ0) is 22.7. The summed E-state index contributed by atoms with van der Waals surface area (Å²) in [6, 6.07) is 13.0. The van der Waals surface area contributed by atoms with E-state index in [-0.39, 0.29) is 11.3 Å². The lowest BCUT2D eigenvalue weighted by atomic mass is 9.95. The zero-order valence-electron chi connectivity index (χ0n) is 17.8. The number of carbonyl (C=O) groups excluding carboxylic acids is 2. The summed E-state index contributed by atoms with van der Waals surface area (Å²) in [5.74, 6) is -0.860. The Kier molecular flexibility index (Phi) is 6.79. The number of amides is 1. The van der Waals surface area contributed by atoms with E-state index in [4.69, 9.17) is 21.1 Å². The average molecular weight is 457 g/mol. The van der Waals surface area contributed by atoms with Crippen LogP contribution in [0.3, 0.4) is 0 Å². The Morgan fingerprint density at radius 1 is 1.06 bits per heavy atom. The third kappa shape index (κ3) is 4.50. The minimum absolute atomic E-state index is 0.0736. The summed E-state index contributed by atoms with van der Waals surface area (Å²) in [5, 5.41) is 11.6. The molecule has 7 nitrogen and oxygen atoms in total. The molecular formula is C24H25ClN2O5. The topological polar surface area (TPSA) is 79.3 Å². The Hall–Kier alpha value is -2.87. The first kappa shape index (κ1) is 22.3. The standard InChI is InChI=1S/C24H25ClN2O5/c1-31-19-8-4-16(5-9-19)21-20(22(28)17-2-6-18(25)7-3-17)23(29)24(30)27(21)11-10-26-12-14-32-15-13-26/h2-9,21,28H,10-15H2,1H3/t21-/m1/s1. The lowest BCUT2D eigenvalue weighted by Gasteiger charge is -2.31. The summed E-state index contributed by atoms with van der Waals surface area (Å²) in [4.78, 5) is 29.8. The first-order valence-electron chi connectivity index (χ1n) is 10.5. The number of hydrogen-bond acceptors (Lipinski definition) is 6. The number of hydrogen-bond donors (Lipinski definition) is 1. The number of aliphatic hydroxyl groups excluding tert-OH is 1. The minimum Gasteiger partial charge on any atom is -0.507 e. The van der Waals surface area contributed by atoms with E-state index in [1.165, 1.54) is 0 Å². The molecule has 0 radical (unpaired) electrons. The van der Waals surface area contributed by atoms with Crippen LogP contribution in [-0.2, 0) is 14.3 Å². The van der Waals surface area contributed by atoms with Gasteiger partial charge in [-0.1, -0.05) is 23.7 Å². The van der Waals surface area contributed by atoms with Crippen molar-refractivity contribution in [2.45, 2.75) is 6.04 Å². The summed E-state index contributed by atoms with van der Waals surface area (Å²) >= 11 is 5.97. The van der Waals surface area contributed by atoms with Crippen LogP contribution in [0.2, 0.25) is 5.02 Å². The van der Waals surface area contributed by atoms with Crippen LogP contribution in [0, 0.1) is 0 Å². The Morgan fingerprint density at radius 3 is 2.34 bits per heavy atom. The van der Waals surface area contributed by atoms with E-state index < -0.39 is 17.7 Å². The van der Waals surface area contributed by atoms with Gasteiger partial charge in [0.2, 0.25) is 0 Å². The van der Waals surface area contributed by atoms with E-state index in [1.807, 2.05) is 12.1 Å². The highest BCUT2D eigenvalue weighted by Crippen LogP contribution is 2.39. The molecule has 8 heteroatoms. The molecule has 0 bridgehead atoms. The van der Waals surface area contributed by atoms with Crippen molar-refractivity contribution >= 4 is 29.1 Å². The molecule has 0 aromatic heterocycles. The smallest absolute Gasteiger partial charge is 0.295 e. The van der Waals surface area contributed by atoms with Crippen molar-refractivity contribution in [3.05, 3.63) is 70.3 Å². The summed E-state index contributed by atoms with van der Waals surface area (Å²) < 4.78 is 10.6. The van der Waals surface area contributed by atoms with Gasteiger partial charge in [0.1, 0.15) is 11.5 Å². The Morgan fingerprint density at radius 2 is 1.72 bits per heavy atom. The number of benzene rings is 2. The van der Waals surface area contributed by atoms with Gasteiger partial charge in [-0.05, 0) is 42.0 Å². The van der Waals surface area contributed by atoms with Crippen molar-refractivity contribution in [3.63, 3.8) is 0 Å². The molecule has 2 heterocycles. The van der Waals surface area contributed by atoms with E-state index >= 15 is 0 Å². The maximum absolute atomic E-state index is 13.1. The van der Waals surface area contributed by atoms with E-state index in [2.05, 4.69) is 4.90 Å². The second-order valence-electron chi connectivity index (χ2n) is 7.73. The van der Waals surface area contributed by atoms with Crippen LogP contribution in [0.15, 0.2) is 54.1 Å². The maximum atomic E-state index is 13.1. The number of ketones is 1. The number of likely N-dealkylation sites (tertiary alicyclic amines) is 1. The fourth-order valence-corrected chi connectivity index (χ4v) is 4.21. The van der Waals surface area contributed by atoms with Crippen molar-refractivity contribution in [1.29, 1.82) is 0 Å². The fourth-order valence-electron chi connectivity index (χ4n) is 4.08. The SMILES string of the molecule is COc1ccc([C@@H]2C(=C(O)c3ccc(Cl)cc3)C(=O)C(=O)N2CCN2CCOCC2)cc1. The highest BCUT2D eigenvalue weighted by atomic mass is 35.5. The molecule has 168 valence electrons. The van der Waals surface area contributed by atoms with Gasteiger partial charge in [-0.3, -0.25) is 14.5 Å². The molecule has 4 rings (SSSR count). The van der Waals surface area contributed by atoms with Gasteiger partial charge in [0.05, 0.1) is 31.9 Å². The lowest BCUT2D eigenvalue weighted by molar-refractivity contribution is -0.140. The van der Waals surface area contributed by atoms with Crippen LogP contribution in [0.1, 0.15) is 17.2 Å². The maximum Gasteiger partial charge on any atom is 0.295 e. The van der Waals surface area contributed by atoms with Crippen LogP contribution >= 0.6 is 11.6 Å². The van der Waals surface area contributed by atoms with Gasteiger partial charge in [-0.25, -0.2) is 0 Å². The molecule has 2 aliphatic rings. The number of morpholine rings is 1. The van der Waals surface area contributed by atoms with Crippen LogP contribution in [0.4, 0.5) is 0 Å². The van der Waals surface area contributed by atoms with Gasteiger partial charge in [-0.2, -0.15) is 0 Å². The molecule has 2 aromatic rings. The number of aliphatic hydroxyl groups is 1. The third-order valence-corrected chi connectivity index (χ3v) is 6.10. The van der Waals surface area contributed by atoms with Crippen molar-refractivity contribution in [1.82, 2.24) is 9.80 Å². The van der Waals surface area contributed by atoms with Gasteiger partial charge in [0.15, 0.2) is 0 Å². The monoisotopic (exact) mass is 456 g/mol. The number of rotatable bonds is 6. The molecule has 2 saturated heterocycles. The largest absolute Gasteiger partial charge is 0.507 e. The summed E-state index contributed by atoms with van der Waals surface area (Å²) in [6.45, 7) is 3.83. The molecule has 32 heavy (non-hydrogen) atoms. The van der Waals surface area contributed by atoms with Gasteiger partial charge in [0.25, 0.3) is 11.7 Å². The minimum atomic E-state index is -0.697. The third-order valence-electron chi connectivity index (χ3n) is 5.85. The molecule has 0 unspecified atom stereocenters. The van der Waals surface area contributed by atoms with Crippen LogP contribution < -0.4 is 4.74 Å².